The fourth-order valence-electron chi connectivity index (χ4n) is 4.68. The van der Waals surface area contributed by atoms with Crippen LogP contribution in [0.2, 0.25) is 0 Å². The van der Waals surface area contributed by atoms with Crippen molar-refractivity contribution in [2.45, 2.75) is 38.1 Å². The monoisotopic (exact) mass is 457 g/mol. The van der Waals surface area contributed by atoms with E-state index in [0.29, 0.717) is 30.2 Å². The van der Waals surface area contributed by atoms with E-state index in [-0.39, 0.29) is 24.2 Å². The van der Waals surface area contributed by atoms with Crippen molar-refractivity contribution in [3.8, 4) is 5.75 Å². The summed E-state index contributed by atoms with van der Waals surface area (Å²) >= 11 is 0. The van der Waals surface area contributed by atoms with E-state index < -0.39 is 0 Å². The molecule has 1 unspecified atom stereocenters. The summed E-state index contributed by atoms with van der Waals surface area (Å²) in [5, 5.41) is 2.88. The van der Waals surface area contributed by atoms with E-state index in [0.717, 1.165) is 50.1 Å². The molecule has 2 aliphatic heterocycles. The third-order valence-electron chi connectivity index (χ3n) is 6.68. The highest BCUT2D eigenvalue weighted by molar-refractivity contribution is 6.00. The molecule has 2 N–H and O–H groups in total. The van der Waals surface area contributed by atoms with E-state index in [1.165, 1.54) is 10.5 Å². The second-order valence-corrected chi connectivity index (χ2v) is 8.66. The highest BCUT2D eigenvalue weighted by atomic mass is 35.5. The number of amides is 2. The number of fused-ring (bicyclic) bond motifs is 1. The Hall–Kier alpha value is -2.57. The second-order valence-electron chi connectivity index (χ2n) is 8.66. The number of ether oxygens (including phenoxy) is 1. The van der Waals surface area contributed by atoms with Gasteiger partial charge in [-0.25, -0.2) is 0 Å². The van der Waals surface area contributed by atoms with Crippen molar-refractivity contribution in [1.82, 2.24) is 4.90 Å². The summed E-state index contributed by atoms with van der Waals surface area (Å²) in [4.78, 5) is 28.4. The number of anilines is 1. The molecule has 0 spiro atoms. The third-order valence-corrected chi connectivity index (χ3v) is 6.68. The summed E-state index contributed by atoms with van der Waals surface area (Å²) in [7, 11) is 3.84. The van der Waals surface area contributed by atoms with E-state index in [1.807, 2.05) is 11.0 Å². The lowest BCUT2D eigenvalue weighted by Gasteiger charge is -2.35. The average Bonchev–Trinajstić information content (AvgIpc) is 2.82. The molecular weight excluding hydrogens is 426 g/mol. The number of quaternary nitrogens is 1. The molecule has 7 heteroatoms. The zero-order chi connectivity index (χ0) is 21.8. The van der Waals surface area contributed by atoms with Gasteiger partial charge in [0, 0.05) is 50.5 Å². The maximum absolute atomic E-state index is 13.3. The van der Waals surface area contributed by atoms with E-state index >= 15 is 0 Å². The Morgan fingerprint density at radius 2 is 1.88 bits per heavy atom. The fourth-order valence-corrected chi connectivity index (χ4v) is 4.68. The van der Waals surface area contributed by atoms with Gasteiger partial charge in [-0.3, -0.25) is 9.59 Å². The number of carbonyl (C=O) groups is 2. The predicted molar refractivity (Wildman–Crippen MR) is 121 cm³/mol. The second kappa shape index (κ2) is 10.8. The minimum Gasteiger partial charge on any atom is -1.00 e. The quantitative estimate of drug-likeness (QED) is 0.581. The lowest BCUT2D eigenvalue weighted by molar-refractivity contribution is -0.907. The van der Waals surface area contributed by atoms with Crippen LogP contribution in [0.1, 0.15) is 40.7 Å². The van der Waals surface area contributed by atoms with Crippen molar-refractivity contribution in [3.63, 3.8) is 0 Å². The van der Waals surface area contributed by atoms with Crippen molar-refractivity contribution in [1.29, 1.82) is 0 Å². The molecule has 2 aromatic carbocycles. The van der Waals surface area contributed by atoms with Crippen LogP contribution < -0.4 is 27.4 Å². The molecule has 0 bridgehead atoms. The number of benzene rings is 2. The van der Waals surface area contributed by atoms with E-state index in [2.05, 4.69) is 42.7 Å². The number of likely N-dealkylation sites (tertiary alicyclic amines) is 1. The molecule has 0 saturated carbocycles. The molecule has 1 fully saturated rings. The van der Waals surface area contributed by atoms with Crippen molar-refractivity contribution in [2.75, 3.05) is 39.1 Å². The molecule has 32 heavy (non-hydrogen) atoms. The standard InChI is InChI=1S/C25H31N3O3.ClH/c1-27(13-10-18-6-4-3-5-7-18)20-11-14-28(15-12-20)25(30)21-16-19-8-9-24(29)26-22(19)17-23(21)31-2;/h3-7,16-17,20H,8-15H2,1-2H3,(H,26,29);1H. The minimum absolute atomic E-state index is 0. The molecule has 0 aromatic heterocycles. The van der Waals surface area contributed by atoms with Gasteiger partial charge in [0.2, 0.25) is 5.91 Å². The molecule has 2 amide bonds. The van der Waals surface area contributed by atoms with Crippen molar-refractivity contribution in [3.05, 3.63) is 59.2 Å². The third kappa shape index (κ3) is 5.43. The van der Waals surface area contributed by atoms with Gasteiger partial charge in [-0.15, -0.1) is 0 Å². The van der Waals surface area contributed by atoms with Crippen LogP contribution in [0, 0.1) is 0 Å². The number of nitrogens with one attached hydrogen (secondary N) is 2. The Balaban J connectivity index is 0.00000289. The molecule has 2 heterocycles. The molecule has 1 atom stereocenters. The molecule has 4 rings (SSSR count). The van der Waals surface area contributed by atoms with E-state index in [4.69, 9.17) is 4.74 Å². The Labute approximate surface area is 196 Å². The van der Waals surface area contributed by atoms with Crippen LogP contribution in [0.3, 0.4) is 0 Å². The minimum atomic E-state index is 0. The topological polar surface area (TPSA) is 63.1 Å². The number of methoxy groups -OCH3 is 1. The maximum Gasteiger partial charge on any atom is 0.257 e. The van der Waals surface area contributed by atoms with Crippen molar-refractivity contribution in [2.24, 2.45) is 0 Å². The Morgan fingerprint density at radius 1 is 1.16 bits per heavy atom. The molecule has 6 nitrogen and oxygen atoms in total. The SMILES string of the molecule is COc1cc2c(cc1C(=O)N1CCC([NH+](C)CCc3ccccc3)CC1)CCC(=O)N2.[Cl-]. The summed E-state index contributed by atoms with van der Waals surface area (Å²) in [5.74, 6) is 0.560. The fraction of sp³-hybridized carbons (Fsp3) is 0.440. The highest BCUT2D eigenvalue weighted by Gasteiger charge is 2.30. The maximum atomic E-state index is 13.3. The summed E-state index contributed by atoms with van der Waals surface area (Å²) in [6.45, 7) is 2.64. The van der Waals surface area contributed by atoms with Crippen LogP contribution in [0.15, 0.2) is 42.5 Å². The molecule has 2 aromatic rings. The first-order chi connectivity index (χ1) is 15.0. The van der Waals surface area contributed by atoms with Crippen LogP contribution in [0.5, 0.6) is 5.75 Å². The number of rotatable bonds is 6. The number of likely N-dealkylation sites (N-methyl/N-ethyl adjacent to an activating group) is 1. The summed E-state index contributed by atoms with van der Waals surface area (Å²) < 4.78 is 5.49. The molecular formula is C25H32ClN3O3. The van der Waals surface area contributed by atoms with Crippen molar-refractivity contribution >= 4 is 17.5 Å². The van der Waals surface area contributed by atoms with Gasteiger partial charge in [0.25, 0.3) is 5.91 Å². The lowest BCUT2D eigenvalue weighted by Crippen LogP contribution is -3.13. The Bertz CT molecular complexity index is 943. The molecule has 1 saturated heterocycles. The zero-order valence-electron chi connectivity index (χ0n) is 18.8. The van der Waals surface area contributed by atoms with E-state index in [1.54, 1.807) is 13.2 Å². The first kappa shape index (κ1) is 24.1. The largest absolute Gasteiger partial charge is 1.00 e. The zero-order valence-corrected chi connectivity index (χ0v) is 19.6. The number of piperidine rings is 1. The molecule has 0 radical (unpaired) electrons. The van der Waals surface area contributed by atoms with Crippen LogP contribution >= 0.6 is 0 Å². The van der Waals surface area contributed by atoms with Crippen LogP contribution in [0.25, 0.3) is 0 Å². The van der Waals surface area contributed by atoms with Crippen LogP contribution in [0.4, 0.5) is 5.69 Å². The smallest absolute Gasteiger partial charge is 0.257 e. The number of nitrogens with zero attached hydrogens (tertiary/aromatic N) is 1. The van der Waals surface area contributed by atoms with Gasteiger partial charge in [0.1, 0.15) is 5.75 Å². The highest BCUT2D eigenvalue weighted by Crippen LogP contribution is 2.32. The number of aryl methyl sites for hydroxylation is 1. The van der Waals surface area contributed by atoms with Gasteiger partial charge in [-0.1, -0.05) is 30.3 Å². The van der Waals surface area contributed by atoms with Gasteiger partial charge in [-0.2, -0.15) is 0 Å². The van der Waals surface area contributed by atoms with Gasteiger partial charge >= 0.3 is 0 Å². The number of carbonyl (C=O) groups excluding carboxylic acids is 2. The number of hydrogen-bond acceptors (Lipinski definition) is 3. The van der Waals surface area contributed by atoms with Gasteiger partial charge < -0.3 is 32.3 Å². The predicted octanol–water partition coefficient (Wildman–Crippen LogP) is -1.05. The lowest BCUT2D eigenvalue weighted by atomic mass is 9.97. The first-order valence-corrected chi connectivity index (χ1v) is 11.2. The molecule has 172 valence electrons. The van der Waals surface area contributed by atoms with Crippen LogP contribution in [-0.4, -0.2) is 56.5 Å². The normalized spacial score (nSPS) is 17.1. The Morgan fingerprint density at radius 3 is 2.56 bits per heavy atom. The first-order valence-electron chi connectivity index (χ1n) is 11.2. The average molecular weight is 458 g/mol. The summed E-state index contributed by atoms with van der Waals surface area (Å²) in [5.41, 5.74) is 3.74. The number of hydrogen-bond donors (Lipinski definition) is 2. The van der Waals surface area contributed by atoms with Crippen LogP contribution in [-0.2, 0) is 17.6 Å². The Kier molecular flexibility index (Phi) is 8.15. The molecule has 0 aliphatic carbocycles. The number of halogens is 1. The molecule has 2 aliphatic rings. The summed E-state index contributed by atoms with van der Waals surface area (Å²) in [6.07, 6.45) is 4.21. The van der Waals surface area contributed by atoms with Gasteiger partial charge in [-0.05, 0) is 23.6 Å². The summed E-state index contributed by atoms with van der Waals surface area (Å²) in [6, 6.07) is 14.9. The van der Waals surface area contributed by atoms with E-state index in [9.17, 15) is 9.59 Å². The van der Waals surface area contributed by atoms with Gasteiger partial charge in [0.15, 0.2) is 0 Å². The van der Waals surface area contributed by atoms with Crippen molar-refractivity contribution < 1.29 is 31.6 Å². The van der Waals surface area contributed by atoms with Gasteiger partial charge in [0.05, 0.1) is 32.3 Å².